The van der Waals surface area contributed by atoms with E-state index in [-0.39, 0.29) is 11.9 Å². The topological polar surface area (TPSA) is 72.6 Å². The number of carbonyl (C=O) groups excluding carboxylic acids is 1. The number of anilines is 1. The van der Waals surface area contributed by atoms with Crippen LogP contribution >= 0.6 is 15.9 Å². The first-order chi connectivity index (χ1) is 11.2. The highest BCUT2D eigenvalue weighted by Gasteiger charge is 2.35. The van der Waals surface area contributed by atoms with E-state index >= 15 is 0 Å². The first-order valence-corrected chi connectivity index (χ1v) is 8.89. The molecule has 0 aliphatic carbocycles. The van der Waals surface area contributed by atoms with Gasteiger partial charge in [-0.15, -0.1) is 15.3 Å². The van der Waals surface area contributed by atoms with Gasteiger partial charge in [-0.2, -0.15) is 4.52 Å². The summed E-state index contributed by atoms with van der Waals surface area (Å²) < 4.78 is 7.80. The Morgan fingerprint density at radius 2 is 2.08 bits per heavy atom. The third-order valence-electron chi connectivity index (χ3n) is 4.20. The molecule has 3 heterocycles. The highest BCUT2D eigenvalue weighted by molar-refractivity contribution is 9.10. The van der Waals surface area contributed by atoms with E-state index in [4.69, 9.17) is 4.74 Å². The molecule has 0 N–H and O–H groups in total. The zero-order chi connectivity index (χ0) is 17.5. The fourth-order valence-electron chi connectivity index (χ4n) is 2.88. The lowest BCUT2D eigenvalue weighted by Gasteiger charge is -2.37. The second kappa shape index (κ2) is 6.31. The second-order valence-corrected chi connectivity index (χ2v) is 7.99. The molecule has 1 saturated heterocycles. The highest BCUT2D eigenvalue weighted by atomic mass is 79.9. The monoisotopic (exact) mass is 395 g/mol. The van der Waals surface area contributed by atoms with Gasteiger partial charge in [0.25, 0.3) is 0 Å². The summed E-state index contributed by atoms with van der Waals surface area (Å²) in [5, 5.41) is 12.5. The molecule has 0 aromatic carbocycles. The van der Waals surface area contributed by atoms with Gasteiger partial charge in [-0.25, -0.2) is 0 Å². The number of esters is 1. The molecule has 130 valence electrons. The molecule has 8 heteroatoms. The molecular formula is C16H22BrN5O2. The summed E-state index contributed by atoms with van der Waals surface area (Å²) in [6, 6.07) is 3.79. The first kappa shape index (κ1) is 17.1. The van der Waals surface area contributed by atoms with Crippen LogP contribution in [0.1, 0.15) is 34.1 Å². The molecule has 2 atom stereocenters. The number of rotatable bonds is 2. The molecule has 3 rings (SSSR count). The summed E-state index contributed by atoms with van der Waals surface area (Å²) in [5.74, 6) is 0.816. The number of nitrogens with zero attached hydrogens (tertiary/aromatic N) is 5. The third kappa shape index (κ3) is 3.53. The van der Waals surface area contributed by atoms with Crippen molar-refractivity contribution in [1.29, 1.82) is 0 Å². The van der Waals surface area contributed by atoms with E-state index in [1.54, 1.807) is 4.52 Å². The number of fused-ring (bicyclic) bond motifs is 1. The predicted octanol–water partition coefficient (Wildman–Crippen LogP) is 2.69. The maximum absolute atomic E-state index is 12.5. The van der Waals surface area contributed by atoms with Crippen molar-refractivity contribution < 1.29 is 9.53 Å². The number of hydrogen-bond donors (Lipinski definition) is 0. The molecule has 0 amide bonds. The molecule has 2 aromatic heterocycles. The van der Waals surface area contributed by atoms with E-state index in [2.05, 4.69) is 43.0 Å². The van der Waals surface area contributed by atoms with E-state index in [1.165, 1.54) is 0 Å². The molecule has 2 unspecified atom stereocenters. The molecule has 1 aliphatic heterocycles. The van der Waals surface area contributed by atoms with E-state index in [1.807, 2.05) is 32.9 Å². The summed E-state index contributed by atoms with van der Waals surface area (Å²) in [6.45, 7) is 9.27. The molecule has 0 saturated carbocycles. The van der Waals surface area contributed by atoms with Gasteiger partial charge in [0.2, 0.25) is 4.73 Å². The van der Waals surface area contributed by atoms with Crippen LogP contribution in [0.4, 0.5) is 5.82 Å². The molecule has 0 bridgehead atoms. The SMILES string of the molecule is CC1CCN(c2ccc3nnc(Br)n3n2)CC1C(=O)OC(C)(C)C. The lowest BCUT2D eigenvalue weighted by molar-refractivity contribution is -0.162. The van der Waals surface area contributed by atoms with Crippen LogP contribution < -0.4 is 4.90 Å². The molecular weight excluding hydrogens is 374 g/mol. The van der Waals surface area contributed by atoms with Crippen LogP contribution in [0.5, 0.6) is 0 Å². The first-order valence-electron chi connectivity index (χ1n) is 8.10. The number of carbonyl (C=O) groups is 1. The number of halogens is 1. The Morgan fingerprint density at radius 1 is 1.33 bits per heavy atom. The zero-order valence-electron chi connectivity index (χ0n) is 14.4. The van der Waals surface area contributed by atoms with Crippen molar-refractivity contribution >= 4 is 33.4 Å². The molecule has 0 spiro atoms. The van der Waals surface area contributed by atoms with Crippen molar-refractivity contribution in [2.75, 3.05) is 18.0 Å². The average molecular weight is 396 g/mol. The third-order valence-corrected chi connectivity index (χ3v) is 4.70. The van der Waals surface area contributed by atoms with E-state index in [0.29, 0.717) is 22.8 Å². The lowest BCUT2D eigenvalue weighted by Crippen LogP contribution is -2.45. The number of aromatic nitrogens is 4. The highest BCUT2D eigenvalue weighted by Crippen LogP contribution is 2.28. The molecule has 2 aromatic rings. The minimum Gasteiger partial charge on any atom is -0.460 e. The van der Waals surface area contributed by atoms with Crippen LogP contribution in [0, 0.1) is 11.8 Å². The van der Waals surface area contributed by atoms with Crippen LogP contribution in [0.15, 0.2) is 16.9 Å². The minimum absolute atomic E-state index is 0.133. The largest absolute Gasteiger partial charge is 0.460 e. The van der Waals surface area contributed by atoms with Crippen LogP contribution in [-0.2, 0) is 9.53 Å². The fraction of sp³-hybridized carbons (Fsp3) is 0.625. The van der Waals surface area contributed by atoms with Crippen molar-refractivity contribution in [3.63, 3.8) is 0 Å². The fourth-order valence-corrected chi connectivity index (χ4v) is 3.22. The standard InChI is InChI=1S/C16H22BrN5O2/c1-10-7-8-21(9-11(10)14(23)24-16(2,3)4)13-6-5-12-18-19-15(17)22(12)20-13/h5-6,10-11H,7-9H2,1-4H3. The maximum atomic E-state index is 12.5. The number of hydrogen-bond acceptors (Lipinski definition) is 6. The van der Waals surface area contributed by atoms with E-state index in [0.717, 1.165) is 18.8 Å². The van der Waals surface area contributed by atoms with Crippen LogP contribution in [0.2, 0.25) is 0 Å². The molecule has 7 nitrogen and oxygen atoms in total. The Kier molecular flexibility index (Phi) is 4.50. The Labute approximate surface area is 149 Å². The Hall–Kier alpha value is -1.70. The summed E-state index contributed by atoms with van der Waals surface area (Å²) in [4.78, 5) is 14.6. The molecule has 1 aliphatic rings. The Morgan fingerprint density at radius 3 is 2.79 bits per heavy atom. The van der Waals surface area contributed by atoms with Gasteiger partial charge in [0.1, 0.15) is 11.4 Å². The van der Waals surface area contributed by atoms with Gasteiger partial charge >= 0.3 is 5.97 Å². The van der Waals surface area contributed by atoms with Crippen molar-refractivity contribution in [1.82, 2.24) is 19.8 Å². The summed E-state index contributed by atoms with van der Waals surface area (Å²) in [5.41, 5.74) is 0.212. The Balaban J connectivity index is 1.81. The normalized spacial score (nSPS) is 22.0. The quantitative estimate of drug-likeness (QED) is 0.727. The van der Waals surface area contributed by atoms with Crippen LogP contribution in [0.25, 0.3) is 5.65 Å². The number of piperidine rings is 1. The van der Waals surface area contributed by atoms with Gasteiger partial charge in [0, 0.05) is 13.1 Å². The Bertz CT molecular complexity index is 754. The van der Waals surface area contributed by atoms with Crippen molar-refractivity contribution in [3.05, 3.63) is 16.9 Å². The van der Waals surface area contributed by atoms with Crippen molar-refractivity contribution in [2.45, 2.75) is 39.7 Å². The second-order valence-electron chi connectivity index (χ2n) is 7.28. The van der Waals surface area contributed by atoms with Gasteiger partial charge in [-0.1, -0.05) is 6.92 Å². The number of ether oxygens (including phenoxy) is 1. The molecule has 0 radical (unpaired) electrons. The smallest absolute Gasteiger partial charge is 0.311 e. The van der Waals surface area contributed by atoms with E-state index < -0.39 is 5.60 Å². The van der Waals surface area contributed by atoms with Crippen LogP contribution in [0.3, 0.4) is 0 Å². The maximum Gasteiger partial charge on any atom is 0.311 e. The van der Waals surface area contributed by atoms with Gasteiger partial charge < -0.3 is 9.64 Å². The molecule has 1 fully saturated rings. The van der Waals surface area contributed by atoms with Gasteiger partial charge in [-0.3, -0.25) is 4.79 Å². The molecule has 24 heavy (non-hydrogen) atoms. The van der Waals surface area contributed by atoms with Gasteiger partial charge in [-0.05, 0) is 61.2 Å². The lowest BCUT2D eigenvalue weighted by atomic mass is 9.87. The predicted molar refractivity (Wildman–Crippen MR) is 93.8 cm³/mol. The van der Waals surface area contributed by atoms with Gasteiger partial charge in [0.15, 0.2) is 5.65 Å². The average Bonchev–Trinajstić information content (AvgIpc) is 2.87. The van der Waals surface area contributed by atoms with Crippen LogP contribution in [-0.4, -0.2) is 44.5 Å². The van der Waals surface area contributed by atoms with Gasteiger partial charge in [0.05, 0.1) is 5.92 Å². The summed E-state index contributed by atoms with van der Waals surface area (Å²) in [6.07, 6.45) is 0.924. The van der Waals surface area contributed by atoms with Crippen molar-refractivity contribution in [2.24, 2.45) is 11.8 Å². The zero-order valence-corrected chi connectivity index (χ0v) is 15.9. The van der Waals surface area contributed by atoms with Crippen molar-refractivity contribution in [3.8, 4) is 0 Å². The summed E-state index contributed by atoms with van der Waals surface area (Å²) in [7, 11) is 0. The van der Waals surface area contributed by atoms with E-state index in [9.17, 15) is 4.79 Å². The summed E-state index contributed by atoms with van der Waals surface area (Å²) >= 11 is 3.34. The minimum atomic E-state index is -0.469.